The van der Waals surface area contributed by atoms with Crippen LogP contribution in [-0.4, -0.2) is 7.69 Å². The quantitative estimate of drug-likeness (QED) is 0.541. The molecule has 0 atom stereocenters. The van der Waals surface area contributed by atoms with Gasteiger partial charge in [0.05, 0.1) is 11.1 Å². The monoisotopic (exact) mass is 361 g/mol. The maximum absolute atomic E-state index is 12.7. The van der Waals surface area contributed by atoms with E-state index in [0.29, 0.717) is 18.8 Å². The Hall–Kier alpha value is -2.32. The van der Waals surface area contributed by atoms with E-state index in [4.69, 9.17) is 9.31 Å². The normalized spacial score (nSPS) is 12.0. The van der Waals surface area contributed by atoms with Gasteiger partial charge in [-0.1, -0.05) is 0 Å². The van der Waals surface area contributed by atoms with Gasteiger partial charge in [-0.25, -0.2) is 0 Å². The van der Waals surface area contributed by atoms with Crippen LogP contribution in [0.3, 0.4) is 0 Å². The van der Waals surface area contributed by atoms with Crippen molar-refractivity contribution in [3.8, 4) is 11.5 Å². The van der Waals surface area contributed by atoms with E-state index < -0.39 is 23.5 Å². The smallest absolute Gasteiger partial charge is 0.526 e. The van der Waals surface area contributed by atoms with Gasteiger partial charge in [-0.05, 0) is 61.4 Å². The fourth-order valence-corrected chi connectivity index (χ4v) is 2.09. The van der Waals surface area contributed by atoms with Crippen molar-refractivity contribution in [2.24, 2.45) is 0 Å². The molecule has 0 heterocycles. The van der Waals surface area contributed by atoms with Crippen LogP contribution in [0, 0.1) is 13.8 Å². The number of halogens is 6. The highest BCUT2D eigenvalue weighted by Crippen LogP contribution is 2.33. The van der Waals surface area contributed by atoms with Crippen LogP contribution in [0.2, 0.25) is 0 Å². The molecule has 2 rings (SSSR count). The van der Waals surface area contributed by atoms with Crippen LogP contribution in [0.15, 0.2) is 36.4 Å². The van der Waals surface area contributed by atoms with Gasteiger partial charge >= 0.3 is 20.0 Å². The molecular formula is C16H12BF6O2. The van der Waals surface area contributed by atoms with Crippen LogP contribution in [0.4, 0.5) is 26.3 Å². The summed E-state index contributed by atoms with van der Waals surface area (Å²) >= 11 is 0. The summed E-state index contributed by atoms with van der Waals surface area (Å²) in [5.41, 5.74) is -1.17. The van der Waals surface area contributed by atoms with Crippen molar-refractivity contribution in [2.75, 3.05) is 0 Å². The lowest BCUT2D eigenvalue weighted by Crippen LogP contribution is -2.13. The highest BCUT2D eigenvalue weighted by Gasteiger charge is 2.32. The first-order valence-electron chi connectivity index (χ1n) is 6.98. The molecule has 9 heteroatoms. The van der Waals surface area contributed by atoms with Crippen molar-refractivity contribution in [1.82, 2.24) is 0 Å². The van der Waals surface area contributed by atoms with Crippen molar-refractivity contribution in [1.29, 1.82) is 0 Å². The molecular weight excluding hydrogens is 349 g/mol. The largest absolute Gasteiger partial charge is 0.658 e. The number of hydrogen-bond acceptors (Lipinski definition) is 2. The molecule has 0 saturated heterocycles. The average Bonchev–Trinajstić information content (AvgIpc) is 2.44. The van der Waals surface area contributed by atoms with Crippen LogP contribution in [0.1, 0.15) is 22.3 Å². The number of benzene rings is 2. The lowest BCUT2D eigenvalue weighted by Gasteiger charge is -2.13. The Kier molecular flexibility index (Phi) is 5.24. The van der Waals surface area contributed by atoms with E-state index in [-0.39, 0.29) is 11.5 Å². The van der Waals surface area contributed by atoms with Crippen LogP contribution in [0.5, 0.6) is 11.5 Å². The SMILES string of the molecule is Cc1cc(O[B]Oc2cc(C)cc(C(F)(F)F)c2)cc(C(F)(F)F)c1. The van der Waals surface area contributed by atoms with Gasteiger partial charge in [-0.2, -0.15) is 26.3 Å². The zero-order valence-electron chi connectivity index (χ0n) is 13.1. The second-order valence-electron chi connectivity index (χ2n) is 5.40. The Morgan fingerprint density at radius 3 is 1.32 bits per heavy atom. The van der Waals surface area contributed by atoms with E-state index >= 15 is 0 Å². The van der Waals surface area contributed by atoms with Gasteiger partial charge in [0, 0.05) is 0 Å². The van der Waals surface area contributed by atoms with Crippen molar-refractivity contribution < 1.29 is 35.7 Å². The molecule has 0 amide bonds. The lowest BCUT2D eigenvalue weighted by molar-refractivity contribution is -0.138. The Bertz CT molecular complexity index is 692. The minimum absolute atomic E-state index is 0.143. The third-order valence-corrected chi connectivity index (χ3v) is 3.12. The third-order valence-electron chi connectivity index (χ3n) is 3.12. The summed E-state index contributed by atoms with van der Waals surface area (Å²) in [6, 6.07) is 6.11. The van der Waals surface area contributed by atoms with Crippen LogP contribution < -0.4 is 9.31 Å². The van der Waals surface area contributed by atoms with Gasteiger partial charge in [-0.15, -0.1) is 0 Å². The van der Waals surface area contributed by atoms with E-state index in [9.17, 15) is 26.3 Å². The second-order valence-corrected chi connectivity index (χ2v) is 5.40. The molecule has 1 radical (unpaired) electrons. The van der Waals surface area contributed by atoms with Gasteiger partial charge in [0.25, 0.3) is 0 Å². The summed E-state index contributed by atoms with van der Waals surface area (Å²) in [4.78, 5) is 0. The van der Waals surface area contributed by atoms with Crippen molar-refractivity contribution in [2.45, 2.75) is 26.2 Å². The molecule has 133 valence electrons. The summed E-state index contributed by atoms with van der Waals surface area (Å²) in [6.07, 6.45) is -9.08. The Morgan fingerprint density at radius 2 is 1.00 bits per heavy atom. The summed E-state index contributed by atoms with van der Waals surface area (Å²) < 4.78 is 86.3. The fourth-order valence-electron chi connectivity index (χ4n) is 2.09. The van der Waals surface area contributed by atoms with Gasteiger partial charge in [0.15, 0.2) is 0 Å². The molecule has 2 nitrogen and oxygen atoms in total. The lowest BCUT2D eigenvalue weighted by atomic mass is 10.1. The number of hydrogen-bond donors (Lipinski definition) is 0. The minimum Gasteiger partial charge on any atom is -0.526 e. The van der Waals surface area contributed by atoms with Gasteiger partial charge in [0.2, 0.25) is 0 Å². The Balaban J connectivity index is 2.09. The molecule has 0 aliphatic rings. The molecule has 0 aromatic heterocycles. The Morgan fingerprint density at radius 1 is 0.640 bits per heavy atom. The molecule has 0 aliphatic heterocycles. The molecule has 2 aromatic rings. The number of aryl methyl sites for hydroxylation is 2. The first-order valence-corrected chi connectivity index (χ1v) is 6.98. The van der Waals surface area contributed by atoms with Gasteiger partial charge < -0.3 is 9.31 Å². The molecule has 25 heavy (non-hydrogen) atoms. The van der Waals surface area contributed by atoms with Crippen LogP contribution >= 0.6 is 0 Å². The molecule has 0 aliphatic carbocycles. The predicted octanol–water partition coefficient (Wildman–Crippen LogP) is 5.33. The summed E-state index contributed by atoms with van der Waals surface area (Å²) in [5.74, 6) is -0.285. The minimum atomic E-state index is -4.54. The van der Waals surface area contributed by atoms with Gasteiger partial charge in [0.1, 0.15) is 11.5 Å². The van der Waals surface area contributed by atoms with E-state index in [1.807, 2.05) is 0 Å². The topological polar surface area (TPSA) is 18.5 Å². The molecule has 0 bridgehead atoms. The first-order chi connectivity index (χ1) is 11.4. The molecule has 0 spiro atoms. The summed E-state index contributed by atoms with van der Waals surface area (Å²) in [5, 5.41) is 0. The Labute approximate surface area is 140 Å². The second kappa shape index (κ2) is 6.89. The number of alkyl halides is 6. The molecule has 0 fully saturated rings. The third kappa shape index (κ3) is 5.34. The van der Waals surface area contributed by atoms with Crippen molar-refractivity contribution >= 4 is 7.69 Å². The average molecular weight is 361 g/mol. The first kappa shape index (κ1) is 19.0. The van der Waals surface area contributed by atoms with Crippen molar-refractivity contribution in [3.05, 3.63) is 58.7 Å². The standard InChI is InChI=1S/C16H12BF6O2/c1-9-3-11(15(18,19)20)7-13(5-9)24-17-25-14-6-10(2)4-12(8-14)16(21,22)23/h3-8H,1-2H3. The number of rotatable bonds is 4. The van der Waals surface area contributed by atoms with E-state index in [0.717, 1.165) is 24.3 Å². The maximum Gasteiger partial charge on any atom is 0.658 e. The fraction of sp³-hybridized carbons (Fsp3) is 0.250. The predicted molar refractivity (Wildman–Crippen MR) is 79.4 cm³/mol. The molecule has 0 saturated carbocycles. The summed E-state index contributed by atoms with van der Waals surface area (Å²) in [7, 11) is 0.684. The highest BCUT2D eigenvalue weighted by atomic mass is 19.4. The molecule has 0 unspecified atom stereocenters. The van der Waals surface area contributed by atoms with E-state index in [2.05, 4.69) is 0 Å². The van der Waals surface area contributed by atoms with Gasteiger partial charge in [-0.3, -0.25) is 0 Å². The zero-order valence-corrected chi connectivity index (χ0v) is 13.1. The van der Waals surface area contributed by atoms with Crippen LogP contribution in [-0.2, 0) is 12.4 Å². The van der Waals surface area contributed by atoms with Crippen LogP contribution in [0.25, 0.3) is 0 Å². The zero-order chi connectivity index (χ0) is 18.8. The summed E-state index contributed by atoms with van der Waals surface area (Å²) in [6.45, 7) is 2.91. The maximum atomic E-state index is 12.7. The van der Waals surface area contributed by atoms with Crippen molar-refractivity contribution in [3.63, 3.8) is 0 Å². The molecule has 0 N–H and O–H groups in total. The highest BCUT2D eigenvalue weighted by molar-refractivity contribution is 6.20. The van der Waals surface area contributed by atoms with E-state index in [1.165, 1.54) is 26.0 Å². The molecule has 2 aromatic carbocycles. The van der Waals surface area contributed by atoms with E-state index in [1.54, 1.807) is 0 Å².